The van der Waals surface area contributed by atoms with E-state index < -0.39 is 0 Å². The molecular formula is C21H46O4. The van der Waals surface area contributed by atoms with Crippen molar-refractivity contribution in [2.45, 2.75) is 106 Å². The van der Waals surface area contributed by atoms with Crippen LogP contribution in [-0.4, -0.2) is 30.9 Å². The third kappa shape index (κ3) is 7.54. The molecule has 0 amide bonds. The van der Waals surface area contributed by atoms with Gasteiger partial charge in [-0.2, -0.15) is 0 Å². The van der Waals surface area contributed by atoms with Gasteiger partial charge in [-0.3, -0.25) is 5.26 Å². The lowest BCUT2D eigenvalue weighted by Gasteiger charge is -2.49. The molecule has 3 rings (SSSR count). The van der Waals surface area contributed by atoms with Crippen LogP contribution in [0.1, 0.15) is 88.0 Å². The fourth-order valence-electron chi connectivity index (χ4n) is 4.37. The Bertz CT molecular complexity index is 298. The molecule has 0 radical (unpaired) electrons. The normalized spacial score (nSPS) is 38.5. The molecule has 25 heavy (non-hydrogen) atoms. The molecule has 3 fully saturated rings. The van der Waals surface area contributed by atoms with Gasteiger partial charge < -0.3 is 9.47 Å². The standard InChI is InChI=1S/C15H26O2.2C2H6.CH4O2.CH4/c1-9-7-8-12-5-4-6-13-10(2)11(3)17-15(16-9)14(12)13;2*1-2;1-3-2;/h9-15H,4-8H2,1-3H3;2*1-2H3;2H,1H3;1H4/t9?,10-,11+,12+,13?,14?,15?;;;;/m0..../s1. The van der Waals surface area contributed by atoms with Crippen molar-refractivity contribution >= 4 is 0 Å². The molecule has 0 bridgehead atoms. The quantitative estimate of drug-likeness (QED) is 0.400. The molecule has 0 aromatic heterocycles. The van der Waals surface area contributed by atoms with Crippen LogP contribution in [0.25, 0.3) is 0 Å². The fourth-order valence-corrected chi connectivity index (χ4v) is 4.37. The molecule has 4 heteroatoms. The third-order valence-electron chi connectivity index (χ3n) is 5.54. The van der Waals surface area contributed by atoms with Crippen molar-refractivity contribution in [3.8, 4) is 0 Å². The topological polar surface area (TPSA) is 47.9 Å². The first-order valence-electron chi connectivity index (χ1n) is 10.1. The number of hydrogen-bond acceptors (Lipinski definition) is 4. The van der Waals surface area contributed by atoms with E-state index in [1.807, 2.05) is 27.7 Å². The third-order valence-corrected chi connectivity index (χ3v) is 5.54. The Balaban J connectivity index is 0. The van der Waals surface area contributed by atoms with Crippen LogP contribution >= 0.6 is 0 Å². The monoisotopic (exact) mass is 362 g/mol. The SMILES string of the molecule is C.CC.CC.CC1CC[C@H]2CCCC3C2C(O1)O[C@H](C)[C@@H]3C.COO. The van der Waals surface area contributed by atoms with Gasteiger partial charge in [0.1, 0.15) is 0 Å². The molecule has 1 saturated carbocycles. The first kappa shape index (κ1) is 27.1. The lowest BCUT2D eigenvalue weighted by Crippen LogP contribution is -2.50. The summed E-state index contributed by atoms with van der Waals surface area (Å²) in [6.45, 7) is 14.8. The van der Waals surface area contributed by atoms with Crippen LogP contribution in [0.2, 0.25) is 0 Å². The average Bonchev–Trinajstić information content (AvgIpc) is 2.77. The van der Waals surface area contributed by atoms with Gasteiger partial charge in [-0.1, -0.05) is 48.5 Å². The highest BCUT2D eigenvalue weighted by Crippen LogP contribution is 2.50. The highest BCUT2D eigenvalue weighted by Gasteiger charge is 2.49. The summed E-state index contributed by atoms with van der Waals surface area (Å²) in [5.41, 5.74) is 0. The molecule has 0 aromatic rings. The van der Waals surface area contributed by atoms with Gasteiger partial charge in [-0.15, -0.1) is 0 Å². The van der Waals surface area contributed by atoms with Crippen molar-refractivity contribution in [2.75, 3.05) is 7.11 Å². The van der Waals surface area contributed by atoms with Crippen molar-refractivity contribution in [3.05, 3.63) is 0 Å². The summed E-state index contributed by atoms with van der Waals surface area (Å²) in [5.74, 6) is 3.09. The molecule has 1 N–H and O–H groups in total. The number of rotatable bonds is 0. The Kier molecular flexibility index (Phi) is 16.2. The van der Waals surface area contributed by atoms with Gasteiger partial charge in [0.2, 0.25) is 0 Å². The molecule has 3 aliphatic rings. The van der Waals surface area contributed by atoms with E-state index in [9.17, 15) is 0 Å². The van der Waals surface area contributed by atoms with Crippen LogP contribution in [0.3, 0.4) is 0 Å². The maximum absolute atomic E-state index is 7.07. The van der Waals surface area contributed by atoms with E-state index in [-0.39, 0.29) is 13.7 Å². The second-order valence-electron chi connectivity index (χ2n) is 6.71. The maximum Gasteiger partial charge on any atom is 0.161 e. The summed E-state index contributed by atoms with van der Waals surface area (Å²) in [6.07, 6.45) is 7.62. The van der Waals surface area contributed by atoms with E-state index in [1.165, 1.54) is 39.2 Å². The summed E-state index contributed by atoms with van der Waals surface area (Å²) in [5, 5.41) is 7.07. The zero-order valence-corrected chi connectivity index (χ0v) is 17.2. The van der Waals surface area contributed by atoms with Crippen LogP contribution in [0.15, 0.2) is 0 Å². The summed E-state index contributed by atoms with van der Waals surface area (Å²) in [6, 6.07) is 0. The van der Waals surface area contributed by atoms with E-state index in [0.29, 0.717) is 24.0 Å². The number of hydrogen-bond donors (Lipinski definition) is 1. The molecule has 0 spiro atoms. The Hall–Kier alpha value is -0.160. The van der Waals surface area contributed by atoms with Crippen molar-refractivity contribution in [1.82, 2.24) is 0 Å². The summed E-state index contributed by atoms with van der Waals surface area (Å²) >= 11 is 0. The summed E-state index contributed by atoms with van der Waals surface area (Å²) < 4.78 is 12.3. The largest absolute Gasteiger partial charge is 0.349 e. The Morgan fingerprint density at radius 1 is 0.880 bits per heavy atom. The maximum atomic E-state index is 7.07. The van der Waals surface area contributed by atoms with Gasteiger partial charge in [0, 0.05) is 5.92 Å². The predicted octanol–water partition coefficient (Wildman–Crippen LogP) is 6.39. The van der Waals surface area contributed by atoms with Gasteiger partial charge >= 0.3 is 0 Å². The van der Waals surface area contributed by atoms with Crippen LogP contribution < -0.4 is 0 Å². The summed E-state index contributed by atoms with van der Waals surface area (Å²) in [7, 11) is 1.18. The van der Waals surface area contributed by atoms with Gasteiger partial charge in [0.15, 0.2) is 6.29 Å². The fraction of sp³-hybridized carbons (Fsp3) is 1.00. The van der Waals surface area contributed by atoms with E-state index >= 15 is 0 Å². The Morgan fingerprint density at radius 3 is 2.00 bits per heavy atom. The molecule has 4 unspecified atom stereocenters. The van der Waals surface area contributed by atoms with Crippen molar-refractivity contribution in [2.24, 2.45) is 23.7 Å². The smallest absolute Gasteiger partial charge is 0.161 e. The second-order valence-corrected chi connectivity index (χ2v) is 6.71. The van der Waals surface area contributed by atoms with Crippen molar-refractivity contribution in [1.29, 1.82) is 0 Å². The minimum absolute atomic E-state index is 0. The van der Waals surface area contributed by atoms with Gasteiger partial charge in [0.25, 0.3) is 0 Å². The molecule has 7 atom stereocenters. The van der Waals surface area contributed by atoms with Crippen LogP contribution in [0, 0.1) is 23.7 Å². The van der Waals surface area contributed by atoms with E-state index in [0.717, 1.165) is 11.8 Å². The Labute approximate surface area is 157 Å². The van der Waals surface area contributed by atoms with Crippen LogP contribution in [0.5, 0.6) is 0 Å². The van der Waals surface area contributed by atoms with Crippen LogP contribution in [0.4, 0.5) is 0 Å². The molecule has 2 aliphatic heterocycles. The highest BCUT2D eigenvalue weighted by atomic mass is 17.1. The van der Waals surface area contributed by atoms with Gasteiger partial charge in [0.05, 0.1) is 19.3 Å². The first-order valence-corrected chi connectivity index (χ1v) is 10.1. The number of ether oxygens (including phenoxy) is 2. The molecule has 4 nitrogen and oxygen atoms in total. The predicted molar refractivity (Wildman–Crippen MR) is 107 cm³/mol. The second kappa shape index (κ2) is 15.0. The average molecular weight is 363 g/mol. The molecule has 2 heterocycles. The molecule has 154 valence electrons. The van der Waals surface area contributed by atoms with Gasteiger partial charge in [-0.25, -0.2) is 4.89 Å². The van der Waals surface area contributed by atoms with Crippen molar-refractivity contribution in [3.63, 3.8) is 0 Å². The van der Waals surface area contributed by atoms with E-state index in [2.05, 4.69) is 25.7 Å². The summed E-state index contributed by atoms with van der Waals surface area (Å²) in [4.78, 5) is 3.25. The molecule has 2 saturated heterocycles. The zero-order chi connectivity index (χ0) is 18.7. The first-order chi connectivity index (χ1) is 11.6. The van der Waals surface area contributed by atoms with Gasteiger partial charge in [-0.05, 0) is 57.3 Å². The van der Waals surface area contributed by atoms with Crippen LogP contribution in [-0.2, 0) is 14.4 Å². The molecular weight excluding hydrogens is 316 g/mol. The highest BCUT2D eigenvalue weighted by molar-refractivity contribution is 4.93. The minimum Gasteiger partial charge on any atom is -0.349 e. The molecule has 0 aromatic carbocycles. The zero-order valence-electron chi connectivity index (χ0n) is 17.2. The Morgan fingerprint density at radius 2 is 1.44 bits per heavy atom. The lowest BCUT2D eigenvalue weighted by atomic mass is 9.64. The minimum atomic E-state index is 0. The van der Waals surface area contributed by atoms with Crippen molar-refractivity contribution < 1.29 is 19.6 Å². The lowest BCUT2D eigenvalue weighted by molar-refractivity contribution is -0.269. The molecule has 1 aliphatic carbocycles. The van der Waals surface area contributed by atoms with E-state index in [1.54, 1.807) is 0 Å². The van der Waals surface area contributed by atoms with E-state index in [4.69, 9.17) is 14.7 Å².